The first-order valence-electron chi connectivity index (χ1n) is 8.67. The zero-order chi connectivity index (χ0) is 18.7. The van der Waals surface area contributed by atoms with Gasteiger partial charge in [-0.25, -0.2) is 14.8 Å². The van der Waals surface area contributed by atoms with E-state index in [0.29, 0.717) is 37.4 Å². The molecule has 26 heavy (non-hydrogen) atoms. The molecule has 7 heteroatoms. The zero-order valence-corrected chi connectivity index (χ0v) is 15.3. The molecule has 0 bridgehead atoms. The molecule has 1 N–H and O–H groups in total. The molecule has 1 aromatic carbocycles. The smallest absolute Gasteiger partial charge is 0.410 e. The maximum absolute atomic E-state index is 12.2. The van der Waals surface area contributed by atoms with Gasteiger partial charge in [0.15, 0.2) is 0 Å². The molecule has 3 rings (SSSR count). The van der Waals surface area contributed by atoms with Gasteiger partial charge < -0.3 is 19.6 Å². The molecule has 0 radical (unpaired) electrons. The Labute approximate surface area is 153 Å². The number of piperazine rings is 1. The lowest BCUT2D eigenvalue weighted by Gasteiger charge is -2.36. The Morgan fingerprint density at radius 1 is 1.12 bits per heavy atom. The van der Waals surface area contributed by atoms with Crippen molar-refractivity contribution in [3.63, 3.8) is 0 Å². The van der Waals surface area contributed by atoms with Crippen LogP contribution in [0.3, 0.4) is 0 Å². The highest BCUT2D eigenvalue weighted by Gasteiger charge is 2.26. The van der Waals surface area contributed by atoms with Crippen molar-refractivity contribution < 1.29 is 14.6 Å². The number of amides is 1. The molecule has 1 aliphatic heterocycles. The summed E-state index contributed by atoms with van der Waals surface area (Å²) in [5.41, 5.74) is 0.846. The Kier molecular flexibility index (Phi) is 4.97. The van der Waals surface area contributed by atoms with Crippen LogP contribution in [0.25, 0.3) is 11.3 Å². The van der Waals surface area contributed by atoms with Crippen LogP contribution in [0.5, 0.6) is 5.75 Å². The monoisotopic (exact) mass is 356 g/mol. The number of phenols is 1. The Morgan fingerprint density at radius 2 is 1.81 bits per heavy atom. The highest BCUT2D eigenvalue weighted by atomic mass is 16.6. The Bertz CT molecular complexity index is 780. The molecular formula is C19H24N4O3. The van der Waals surface area contributed by atoms with Gasteiger partial charge in [0, 0.05) is 37.8 Å². The number of carbonyl (C=O) groups is 1. The maximum atomic E-state index is 12.2. The molecule has 1 aromatic heterocycles. The molecule has 1 fully saturated rings. The highest BCUT2D eigenvalue weighted by Crippen LogP contribution is 2.28. The molecule has 7 nitrogen and oxygen atoms in total. The van der Waals surface area contributed by atoms with E-state index in [1.807, 2.05) is 39.0 Å². The molecule has 0 saturated carbocycles. The number of hydrogen-bond acceptors (Lipinski definition) is 6. The van der Waals surface area contributed by atoms with Crippen LogP contribution in [-0.2, 0) is 4.74 Å². The number of rotatable bonds is 2. The van der Waals surface area contributed by atoms with Gasteiger partial charge in [0.05, 0.1) is 5.69 Å². The minimum absolute atomic E-state index is 0.187. The van der Waals surface area contributed by atoms with Crippen molar-refractivity contribution >= 4 is 11.9 Å². The largest absolute Gasteiger partial charge is 0.507 e. The summed E-state index contributed by atoms with van der Waals surface area (Å²) in [5, 5.41) is 10.0. The molecule has 0 unspecified atom stereocenters. The standard InChI is InChI=1S/C19H24N4O3/c1-19(2,3)26-18(25)23-10-8-22(9-11-23)17-12-15(20-13-21-17)14-6-4-5-7-16(14)24/h4-7,12-13,24H,8-11H2,1-3H3. The quantitative estimate of drug-likeness (QED) is 0.891. The number of nitrogens with zero attached hydrogens (tertiary/aromatic N) is 4. The molecular weight excluding hydrogens is 332 g/mol. The summed E-state index contributed by atoms with van der Waals surface area (Å²) in [5.74, 6) is 0.967. The second kappa shape index (κ2) is 7.19. The molecule has 1 amide bonds. The molecule has 1 aliphatic rings. The number of hydrogen-bond donors (Lipinski definition) is 1. The van der Waals surface area contributed by atoms with Gasteiger partial charge >= 0.3 is 6.09 Å². The second-order valence-electron chi connectivity index (χ2n) is 7.23. The molecule has 138 valence electrons. The fraction of sp³-hybridized carbons (Fsp3) is 0.421. The van der Waals surface area contributed by atoms with Crippen molar-refractivity contribution in [2.75, 3.05) is 31.1 Å². The van der Waals surface area contributed by atoms with Crippen LogP contribution in [-0.4, -0.2) is 57.8 Å². The first kappa shape index (κ1) is 18.0. The summed E-state index contributed by atoms with van der Waals surface area (Å²) in [6, 6.07) is 8.95. The average molecular weight is 356 g/mol. The fourth-order valence-corrected chi connectivity index (χ4v) is 2.80. The zero-order valence-electron chi connectivity index (χ0n) is 15.3. The third kappa shape index (κ3) is 4.22. The maximum Gasteiger partial charge on any atom is 0.410 e. The predicted octanol–water partition coefficient (Wildman–Crippen LogP) is 2.91. The Morgan fingerprint density at radius 3 is 2.46 bits per heavy atom. The highest BCUT2D eigenvalue weighted by molar-refractivity contribution is 5.70. The lowest BCUT2D eigenvalue weighted by Crippen LogP contribution is -2.50. The van der Waals surface area contributed by atoms with E-state index in [1.165, 1.54) is 6.33 Å². The van der Waals surface area contributed by atoms with E-state index in [9.17, 15) is 9.90 Å². The molecule has 0 atom stereocenters. The van der Waals surface area contributed by atoms with Gasteiger partial charge in [0.2, 0.25) is 0 Å². The number of benzene rings is 1. The first-order valence-corrected chi connectivity index (χ1v) is 8.67. The van der Waals surface area contributed by atoms with Gasteiger partial charge in [-0.15, -0.1) is 0 Å². The van der Waals surface area contributed by atoms with Gasteiger partial charge in [-0.05, 0) is 32.9 Å². The summed E-state index contributed by atoms with van der Waals surface area (Å²) in [4.78, 5) is 24.6. The Balaban J connectivity index is 1.68. The van der Waals surface area contributed by atoms with Crippen molar-refractivity contribution in [1.29, 1.82) is 0 Å². The summed E-state index contributed by atoms with van der Waals surface area (Å²) < 4.78 is 5.42. The van der Waals surface area contributed by atoms with Gasteiger partial charge in [-0.1, -0.05) is 12.1 Å². The normalized spacial score (nSPS) is 15.0. The van der Waals surface area contributed by atoms with Crippen LogP contribution in [0.4, 0.5) is 10.6 Å². The lowest BCUT2D eigenvalue weighted by atomic mass is 10.1. The van der Waals surface area contributed by atoms with Crippen molar-refractivity contribution in [1.82, 2.24) is 14.9 Å². The van der Waals surface area contributed by atoms with E-state index in [4.69, 9.17) is 4.74 Å². The number of aromatic hydroxyl groups is 1. The topological polar surface area (TPSA) is 78.8 Å². The van der Waals surface area contributed by atoms with Gasteiger partial charge in [0.25, 0.3) is 0 Å². The molecule has 0 aliphatic carbocycles. The van der Waals surface area contributed by atoms with Crippen molar-refractivity contribution in [3.8, 4) is 17.0 Å². The number of anilines is 1. The van der Waals surface area contributed by atoms with Gasteiger partial charge in [0.1, 0.15) is 23.5 Å². The van der Waals surface area contributed by atoms with E-state index in [2.05, 4.69) is 14.9 Å². The predicted molar refractivity (Wildman–Crippen MR) is 99.2 cm³/mol. The van der Waals surface area contributed by atoms with Crippen LogP contribution in [0.15, 0.2) is 36.7 Å². The van der Waals surface area contributed by atoms with E-state index in [1.54, 1.807) is 17.0 Å². The third-order valence-corrected chi connectivity index (χ3v) is 4.09. The molecule has 1 saturated heterocycles. The van der Waals surface area contributed by atoms with E-state index >= 15 is 0 Å². The van der Waals surface area contributed by atoms with Crippen LogP contribution >= 0.6 is 0 Å². The number of carbonyl (C=O) groups excluding carboxylic acids is 1. The SMILES string of the molecule is CC(C)(C)OC(=O)N1CCN(c2cc(-c3ccccc3O)ncn2)CC1. The van der Waals surface area contributed by atoms with Crippen LogP contribution in [0.1, 0.15) is 20.8 Å². The minimum Gasteiger partial charge on any atom is -0.507 e. The average Bonchev–Trinajstić information content (AvgIpc) is 2.61. The summed E-state index contributed by atoms with van der Waals surface area (Å²) in [7, 11) is 0. The van der Waals surface area contributed by atoms with Gasteiger partial charge in [-0.2, -0.15) is 0 Å². The molecule has 2 heterocycles. The van der Waals surface area contributed by atoms with Crippen molar-refractivity contribution in [2.45, 2.75) is 26.4 Å². The van der Waals surface area contributed by atoms with Crippen molar-refractivity contribution in [2.24, 2.45) is 0 Å². The number of phenolic OH excluding ortho intramolecular Hbond substituents is 1. The second-order valence-corrected chi connectivity index (χ2v) is 7.23. The number of aromatic nitrogens is 2. The number of ether oxygens (including phenoxy) is 1. The van der Waals surface area contributed by atoms with Crippen LogP contribution in [0.2, 0.25) is 0 Å². The van der Waals surface area contributed by atoms with Crippen LogP contribution in [0, 0.1) is 0 Å². The van der Waals surface area contributed by atoms with Crippen LogP contribution < -0.4 is 4.90 Å². The summed E-state index contributed by atoms with van der Waals surface area (Å²) >= 11 is 0. The third-order valence-electron chi connectivity index (χ3n) is 4.09. The lowest BCUT2D eigenvalue weighted by molar-refractivity contribution is 0.0240. The number of para-hydroxylation sites is 1. The summed E-state index contributed by atoms with van der Waals surface area (Å²) in [6.45, 7) is 8.07. The van der Waals surface area contributed by atoms with E-state index in [-0.39, 0.29) is 11.8 Å². The molecule has 2 aromatic rings. The molecule has 0 spiro atoms. The van der Waals surface area contributed by atoms with E-state index < -0.39 is 5.60 Å². The van der Waals surface area contributed by atoms with E-state index in [0.717, 1.165) is 5.82 Å². The van der Waals surface area contributed by atoms with Gasteiger partial charge in [-0.3, -0.25) is 0 Å². The first-order chi connectivity index (χ1) is 12.3. The summed E-state index contributed by atoms with van der Waals surface area (Å²) in [6.07, 6.45) is 1.21. The Hall–Kier alpha value is -2.83. The minimum atomic E-state index is -0.493. The fourth-order valence-electron chi connectivity index (χ4n) is 2.80. The van der Waals surface area contributed by atoms with Crippen molar-refractivity contribution in [3.05, 3.63) is 36.7 Å².